The van der Waals surface area contributed by atoms with Crippen LogP contribution in [0.2, 0.25) is 0 Å². The molecule has 0 spiro atoms. The quantitative estimate of drug-likeness (QED) is 0.138. The van der Waals surface area contributed by atoms with Crippen LogP contribution in [0, 0.1) is 13.8 Å². The summed E-state index contributed by atoms with van der Waals surface area (Å²) in [6.45, 7) is 4.78. The minimum atomic E-state index is -0.133. The van der Waals surface area contributed by atoms with E-state index in [2.05, 4.69) is 56.8 Å². The van der Waals surface area contributed by atoms with Gasteiger partial charge in [-0.1, -0.05) is 31.7 Å². The van der Waals surface area contributed by atoms with Gasteiger partial charge in [0.1, 0.15) is 53.9 Å². The van der Waals surface area contributed by atoms with E-state index in [1.165, 1.54) is 0 Å². The fourth-order valence-electron chi connectivity index (χ4n) is 5.54. The number of rotatable bonds is 9. The maximum Gasteiger partial charge on any atom is 0.238 e. The lowest BCUT2D eigenvalue weighted by Crippen LogP contribution is -2.33. The van der Waals surface area contributed by atoms with Crippen LogP contribution >= 0.6 is 15.9 Å². The molecular formula is C41H47BrN10O6. The Morgan fingerprint density at radius 1 is 0.690 bits per heavy atom. The van der Waals surface area contributed by atoms with Crippen LogP contribution in [0.5, 0.6) is 23.3 Å². The molecule has 2 aliphatic rings. The number of aromatic amines is 1. The zero-order chi connectivity index (χ0) is 40.1. The van der Waals surface area contributed by atoms with Crippen molar-refractivity contribution in [2.75, 3.05) is 41.7 Å². The van der Waals surface area contributed by atoms with E-state index < -0.39 is 0 Å². The predicted molar refractivity (Wildman–Crippen MR) is 224 cm³/mol. The van der Waals surface area contributed by atoms with E-state index in [0.29, 0.717) is 48.0 Å². The maximum absolute atomic E-state index is 5.54. The van der Waals surface area contributed by atoms with Crippen LogP contribution in [0.1, 0.15) is 53.4 Å². The van der Waals surface area contributed by atoms with Crippen LogP contribution in [0.25, 0.3) is 5.69 Å². The molecule has 8 rings (SSSR count). The molecule has 0 aliphatic carbocycles. The number of aliphatic imine (C=N–C) groups is 2. The van der Waals surface area contributed by atoms with Gasteiger partial charge in [-0.25, -0.2) is 30.9 Å². The first kappa shape index (κ1) is 42.8. The third-order valence-corrected chi connectivity index (χ3v) is 9.15. The number of ether oxygens (including phenoxy) is 4. The molecule has 4 aromatic heterocycles. The van der Waals surface area contributed by atoms with Gasteiger partial charge in [0, 0.05) is 18.1 Å². The molecule has 6 heterocycles. The highest BCUT2D eigenvalue weighted by molar-refractivity contribution is 9.10. The standard InChI is InChI=1S/C20H21N5O3.C16H16BrN3O3.C4H6N2.CH4/c1-13-10-25(12-21-13)18-9-8-16(23-20(18)27-3)19-22-17(11-28-24-19)14-4-6-15(26-2)7-5-14;1-21-11-5-3-10(4-6-11)14-9-23-20-15(18-14)13-8-7-12(17)16(19-13)22-2;1-4-2-5-3-6-4;/h4-10,12,17H,11H2,1-3H3,(H,22,24);3-8,14H,9H2,1-2H3,(H,18,20);2-3H,1H3,(H,5,6);1H4. The summed E-state index contributed by atoms with van der Waals surface area (Å²) in [6, 6.07) is 22.8. The molecule has 0 radical (unpaired) electrons. The number of hydrogen-bond acceptors (Lipinski definition) is 14. The average molecular weight is 856 g/mol. The van der Waals surface area contributed by atoms with Crippen molar-refractivity contribution in [1.82, 2.24) is 40.4 Å². The normalized spacial score (nSPS) is 15.6. The van der Waals surface area contributed by atoms with E-state index in [1.54, 1.807) is 47.3 Å². The van der Waals surface area contributed by atoms with Gasteiger partial charge in [-0.2, -0.15) is 0 Å². The van der Waals surface area contributed by atoms with Crippen molar-refractivity contribution < 1.29 is 28.6 Å². The first-order valence-corrected chi connectivity index (χ1v) is 18.5. The summed E-state index contributed by atoms with van der Waals surface area (Å²) in [6.07, 6.45) is 7.08. The number of nitrogens with zero attached hydrogens (tertiary/aromatic N) is 7. The second-order valence-corrected chi connectivity index (χ2v) is 13.3. The van der Waals surface area contributed by atoms with Gasteiger partial charge in [0.25, 0.3) is 0 Å². The summed E-state index contributed by atoms with van der Waals surface area (Å²) in [4.78, 5) is 40.4. The number of hydroxylamine groups is 2. The molecular weight excluding hydrogens is 808 g/mol. The molecule has 0 amide bonds. The topological polar surface area (TPSA) is 176 Å². The molecule has 2 atom stereocenters. The molecule has 304 valence electrons. The lowest BCUT2D eigenvalue weighted by molar-refractivity contribution is 0.0620. The Morgan fingerprint density at radius 2 is 1.22 bits per heavy atom. The summed E-state index contributed by atoms with van der Waals surface area (Å²) < 4.78 is 23.7. The first-order valence-electron chi connectivity index (χ1n) is 17.7. The lowest BCUT2D eigenvalue weighted by atomic mass is 10.1. The molecule has 0 saturated carbocycles. The molecule has 6 aromatic rings. The first-order chi connectivity index (χ1) is 27.8. The van der Waals surface area contributed by atoms with E-state index in [0.717, 1.165) is 44.2 Å². The summed E-state index contributed by atoms with van der Waals surface area (Å²) in [5, 5.41) is 0. The second-order valence-electron chi connectivity index (χ2n) is 12.4. The highest BCUT2D eigenvalue weighted by atomic mass is 79.9. The summed E-state index contributed by atoms with van der Waals surface area (Å²) >= 11 is 3.39. The fourth-order valence-corrected chi connectivity index (χ4v) is 5.92. The smallest absolute Gasteiger partial charge is 0.238 e. The molecule has 2 aromatic carbocycles. The molecule has 0 saturated heterocycles. The van der Waals surface area contributed by atoms with Gasteiger partial charge in [-0.05, 0) is 89.4 Å². The van der Waals surface area contributed by atoms with Gasteiger partial charge in [-0.3, -0.25) is 19.7 Å². The monoisotopic (exact) mass is 854 g/mol. The summed E-state index contributed by atoms with van der Waals surface area (Å²) in [5.41, 5.74) is 11.9. The third kappa shape index (κ3) is 11.0. The van der Waals surface area contributed by atoms with Crippen molar-refractivity contribution in [1.29, 1.82) is 0 Å². The van der Waals surface area contributed by atoms with Gasteiger partial charge >= 0.3 is 0 Å². The van der Waals surface area contributed by atoms with Gasteiger partial charge in [0.2, 0.25) is 11.8 Å². The molecule has 2 unspecified atom stereocenters. The van der Waals surface area contributed by atoms with Gasteiger partial charge < -0.3 is 28.5 Å². The number of aromatic nitrogens is 6. The van der Waals surface area contributed by atoms with Crippen LogP contribution in [0.15, 0.2) is 112 Å². The SMILES string of the molecule is C.COc1ccc(C2CONC(c3ccc(-n4cnc(C)c4)c(OC)n3)=N2)cc1.COc1ccc(C2CONC(c3ccc(Br)c(OC)n3)=N2)cc1.Cc1cnc[nH]1. The Kier molecular flexibility index (Phi) is 15.3. The van der Waals surface area contributed by atoms with Crippen LogP contribution in [-0.2, 0) is 9.68 Å². The van der Waals surface area contributed by atoms with E-state index >= 15 is 0 Å². The van der Waals surface area contributed by atoms with Crippen molar-refractivity contribution >= 4 is 27.6 Å². The van der Waals surface area contributed by atoms with Crippen molar-refractivity contribution in [2.45, 2.75) is 33.4 Å². The third-order valence-electron chi connectivity index (χ3n) is 8.54. The number of benzene rings is 2. The van der Waals surface area contributed by atoms with Crippen molar-refractivity contribution in [3.05, 3.63) is 136 Å². The fraction of sp³-hybridized carbons (Fsp3) is 0.268. The summed E-state index contributed by atoms with van der Waals surface area (Å²) in [5.74, 6) is 3.72. The number of nitrogens with one attached hydrogen (secondary N) is 3. The number of imidazole rings is 2. The number of halogens is 1. The Morgan fingerprint density at radius 3 is 1.66 bits per heavy atom. The van der Waals surface area contributed by atoms with Crippen LogP contribution in [0.3, 0.4) is 0 Å². The molecule has 3 N–H and O–H groups in total. The predicted octanol–water partition coefficient (Wildman–Crippen LogP) is 6.85. The molecule has 58 heavy (non-hydrogen) atoms. The highest BCUT2D eigenvalue weighted by Gasteiger charge is 2.22. The number of pyridine rings is 2. The Labute approximate surface area is 345 Å². The van der Waals surface area contributed by atoms with Crippen molar-refractivity contribution in [2.24, 2.45) is 9.98 Å². The highest BCUT2D eigenvalue weighted by Crippen LogP contribution is 2.27. The Balaban J connectivity index is 0.000000193. The zero-order valence-corrected chi connectivity index (χ0v) is 33.9. The average Bonchev–Trinajstić information content (AvgIpc) is 3.94. The number of amidine groups is 2. The van der Waals surface area contributed by atoms with E-state index in [9.17, 15) is 0 Å². The number of aryl methyl sites for hydroxylation is 2. The summed E-state index contributed by atoms with van der Waals surface area (Å²) in [7, 11) is 6.45. The molecule has 17 heteroatoms. The number of methoxy groups -OCH3 is 4. The van der Waals surface area contributed by atoms with Gasteiger partial charge in [0.15, 0.2) is 11.7 Å². The van der Waals surface area contributed by atoms with E-state index in [4.69, 9.17) is 33.6 Å². The number of hydrogen-bond donors (Lipinski definition) is 3. The van der Waals surface area contributed by atoms with E-state index in [-0.39, 0.29) is 19.5 Å². The van der Waals surface area contributed by atoms with E-state index in [1.807, 2.05) is 97.4 Å². The van der Waals surface area contributed by atoms with Gasteiger partial charge in [0.05, 0.1) is 51.3 Å². The maximum atomic E-state index is 5.54. The second kappa shape index (κ2) is 20.7. The number of H-pyrrole nitrogens is 1. The molecule has 0 bridgehead atoms. The van der Waals surface area contributed by atoms with Crippen LogP contribution in [0.4, 0.5) is 0 Å². The van der Waals surface area contributed by atoms with Crippen molar-refractivity contribution in [3.8, 4) is 28.9 Å². The van der Waals surface area contributed by atoms with Crippen molar-refractivity contribution in [3.63, 3.8) is 0 Å². The van der Waals surface area contributed by atoms with Gasteiger partial charge in [-0.15, -0.1) is 0 Å². The molecule has 2 aliphatic heterocycles. The molecule has 0 fully saturated rings. The largest absolute Gasteiger partial charge is 0.497 e. The van der Waals surface area contributed by atoms with Crippen LogP contribution < -0.4 is 29.9 Å². The molecule has 16 nitrogen and oxygen atoms in total. The minimum Gasteiger partial charge on any atom is -0.497 e. The minimum absolute atomic E-state index is 0. The Hall–Kier alpha value is -6.30. The lowest BCUT2D eigenvalue weighted by Gasteiger charge is -2.22. The van der Waals surface area contributed by atoms with Crippen LogP contribution in [-0.4, -0.2) is 82.8 Å². The zero-order valence-electron chi connectivity index (χ0n) is 32.3. The Bertz CT molecular complexity index is 2260.